The third-order valence-electron chi connectivity index (χ3n) is 3.63. The van der Waals surface area contributed by atoms with Crippen LogP contribution in [0.2, 0.25) is 0 Å². The highest BCUT2D eigenvalue weighted by Gasteiger charge is 2.87. The van der Waals surface area contributed by atoms with Gasteiger partial charge >= 0.3 is 0 Å². The lowest BCUT2D eigenvalue weighted by Gasteiger charge is -2.24. The number of nitriles is 2. The largest absolute Gasteiger partial charge is 0.386 e. The summed E-state index contributed by atoms with van der Waals surface area (Å²) in [6, 6.07) is 4.21. The first-order chi connectivity index (χ1) is 7.56. The van der Waals surface area contributed by atoms with E-state index in [0.29, 0.717) is 13.0 Å². The number of rotatable bonds is 0. The van der Waals surface area contributed by atoms with Crippen LogP contribution in [0.1, 0.15) is 13.3 Å². The standard InChI is InChI=1S/C10H10N4O2/c1-6-2-15-10(16-6)9(5-12)3-8(9,4-11)7(13)14-10/h6H,2-3H2,1H3,(H2,13,14)/t6-,8+,9+,10-/m1/s1. The number of ether oxygens (including phenoxy) is 2. The molecule has 1 aliphatic carbocycles. The Labute approximate surface area is 92.3 Å². The van der Waals surface area contributed by atoms with E-state index in [1.165, 1.54) is 0 Å². The Kier molecular flexibility index (Phi) is 1.42. The molecule has 2 fully saturated rings. The predicted octanol–water partition coefficient (Wildman–Crippen LogP) is -0.130. The van der Waals surface area contributed by atoms with Crippen LogP contribution in [0.5, 0.6) is 0 Å². The van der Waals surface area contributed by atoms with Crippen LogP contribution in [-0.2, 0) is 9.47 Å². The first-order valence-corrected chi connectivity index (χ1v) is 5.06. The van der Waals surface area contributed by atoms with Crippen molar-refractivity contribution in [2.24, 2.45) is 21.6 Å². The number of aliphatic imine (C=N–C) groups is 1. The summed E-state index contributed by atoms with van der Waals surface area (Å²) >= 11 is 0. The molecule has 1 saturated heterocycles. The average Bonchev–Trinajstić information content (AvgIpc) is 2.78. The summed E-state index contributed by atoms with van der Waals surface area (Å²) in [4.78, 5) is 4.09. The smallest absolute Gasteiger partial charge is 0.293 e. The average molecular weight is 218 g/mol. The summed E-state index contributed by atoms with van der Waals surface area (Å²) < 4.78 is 11.1. The Hall–Kier alpha value is -1.63. The van der Waals surface area contributed by atoms with Crippen molar-refractivity contribution in [3.63, 3.8) is 0 Å². The van der Waals surface area contributed by atoms with Gasteiger partial charge in [-0.2, -0.15) is 10.5 Å². The number of fused-ring (bicyclic) bond motifs is 2. The topological polar surface area (TPSA) is 104 Å². The van der Waals surface area contributed by atoms with Crippen molar-refractivity contribution < 1.29 is 9.47 Å². The minimum absolute atomic E-state index is 0.142. The second-order valence-corrected chi connectivity index (χ2v) is 4.53. The highest BCUT2D eigenvalue weighted by molar-refractivity contribution is 5.97. The van der Waals surface area contributed by atoms with Crippen molar-refractivity contribution in [2.75, 3.05) is 6.61 Å². The number of nitrogens with two attached hydrogens (primary N) is 1. The van der Waals surface area contributed by atoms with Crippen LogP contribution < -0.4 is 5.73 Å². The lowest BCUT2D eigenvalue weighted by molar-refractivity contribution is -0.191. The Balaban J connectivity index is 2.13. The van der Waals surface area contributed by atoms with Crippen LogP contribution in [-0.4, -0.2) is 24.5 Å². The van der Waals surface area contributed by atoms with Gasteiger partial charge in [0, 0.05) is 6.42 Å². The van der Waals surface area contributed by atoms with Crippen LogP contribution in [0.25, 0.3) is 0 Å². The van der Waals surface area contributed by atoms with Crippen LogP contribution >= 0.6 is 0 Å². The fraction of sp³-hybridized carbons (Fsp3) is 0.700. The monoisotopic (exact) mass is 218 g/mol. The molecule has 0 unspecified atom stereocenters. The Morgan fingerprint density at radius 2 is 2.25 bits per heavy atom. The SMILES string of the molecule is C[C@@H]1CO[C@@]2(N=C(N)[C@@]3(C#N)C[C@@]23C#N)O1. The summed E-state index contributed by atoms with van der Waals surface area (Å²) in [5.41, 5.74) is 3.68. The molecule has 0 aromatic rings. The molecule has 1 spiro atoms. The molecule has 2 aliphatic heterocycles. The maximum Gasteiger partial charge on any atom is 0.293 e. The fourth-order valence-corrected chi connectivity index (χ4v) is 2.64. The lowest BCUT2D eigenvalue weighted by Crippen LogP contribution is -2.38. The fourth-order valence-electron chi connectivity index (χ4n) is 2.64. The van der Waals surface area contributed by atoms with Gasteiger partial charge in [-0.05, 0) is 6.92 Å². The van der Waals surface area contributed by atoms with E-state index < -0.39 is 16.7 Å². The second-order valence-electron chi connectivity index (χ2n) is 4.53. The lowest BCUT2D eigenvalue weighted by atomic mass is 9.94. The van der Waals surface area contributed by atoms with E-state index in [4.69, 9.17) is 15.2 Å². The summed E-state index contributed by atoms with van der Waals surface area (Å²) in [5, 5.41) is 18.5. The van der Waals surface area contributed by atoms with Gasteiger partial charge in [0.05, 0.1) is 24.8 Å². The normalized spacial score (nSPS) is 52.9. The number of hydrogen-bond donors (Lipinski definition) is 1. The molecule has 2 heterocycles. The van der Waals surface area contributed by atoms with E-state index in [9.17, 15) is 10.5 Å². The van der Waals surface area contributed by atoms with Crippen LogP contribution in [0.15, 0.2) is 4.99 Å². The highest BCUT2D eigenvalue weighted by atomic mass is 16.8. The number of amidine groups is 1. The predicted molar refractivity (Wildman–Crippen MR) is 51.6 cm³/mol. The van der Waals surface area contributed by atoms with Gasteiger partial charge in [0.2, 0.25) is 0 Å². The molecule has 16 heavy (non-hydrogen) atoms. The van der Waals surface area contributed by atoms with E-state index in [1.807, 2.05) is 6.92 Å². The molecule has 6 nitrogen and oxygen atoms in total. The van der Waals surface area contributed by atoms with Crippen molar-refractivity contribution in [1.82, 2.24) is 0 Å². The second kappa shape index (κ2) is 2.37. The quantitative estimate of drug-likeness (QED) is 0.609. The van der Waals surface area contributed by atoms with Crippen molar-refractivity contribution in [3.8, 4) is 12.1 Å². The summed E-state index contributed by atoms with van der Waals surface area (Å²) in [7, 11) is 0. The van der Waals surface area contributed by atoms with Crippen LogP contribution in [0.3, 0.4) is 0 Å². The molecule has 3 aliphatic rings. The van der Waals surface area contributed by atoms with Gasteiger partial charge in [0.1, 0.15) is 11.3 Å². The van der Waals surface area contributed by atoms with E-state index in [2.05, 4.69) is 17.1 Å². The zero-order valence-corrected chi connectivity index (χ0v) is 8.73. The first kappa shape index (κ1) is 9.59. The van der Waals surface area contributed by atoms with E-state index in [0.717, 1.165) is 0 Å². The summed E-state index contributed by atoms with van der Waals surface area (Å²) in [6.07, 6.45) is 0.201. The molecule has 0 amide bonds. The first-order valence-electron chi connectivity index (χ1n) is 5.06. The Morgan fingerprint density at radius 1 is 1.50 bits per heavy atom. The number of nitrogens with zero attached hydrogens (tertiary/aromatic N) is 3. The van der Waals surface area contributed by atoms with Crippen molar-refractivity contribution in [3.05, 3.63) is 0 Å². The molecular formula is C10H10N4O2. The highest BCUT2D eigenvalue weighted by Crippen LogP contribution is 2.74. The van der Waals surface area contributed by atoms with Gasteiger partial charge in [0.25, 0.3) is 5.91 Å². The Morgan fingerprint density at radius 3 is 2.69 bits per heavy atom. The molecule has 2 N–H and O–H groups in total. The molecule has 4 atom stereocenters. The number of hydrogen-bond acceptors (Lipinski definition) is 6. The van der Waals surface area contributed by atoms with Gasteiger partial charge in [-0.15, -0.1) is 0 Å². The molecular weight excluding hydrogens is 208 g/mol. The minimum Gasteiger partial charge on any atom is -0.386 e. The van der Waals surface area contributed by atoms with Crippen molar-refractivity contribution >= 4 is 5.84 Å². The van der Waals surface area contributed by atoms with Gasteiger partial charge in [-0.3, -0.25) is 0 Å². The van der Waals surface area contributed by atoms with Crippen LogP contribution in [0, 0.1) is 33.5 Å². The zero-order chi connectivity index (χ0) is 11.6. The molecule has 3 rings (SSSR count). The van der Waals surface area contributed by atoms with Gasteiger partial charge in [-0.25, -0.2) is 4.99 Å². The molecule has 6 heteroatoms. The third kappa shape index (κ3) is 0.683. The van der Waals surface area contributed by atoms with Gasteiger partial charge in [-0.1, -0.05) is 0 Å². The minimum atomic E-state index is -1.35. The van der Waals surface area contributed by atoms with E-state index in [1.54, 1.807) is 0 Å². The van der Waals surface area contributed by atoms with Gasteiger partial charge < -0.3 is 15.2 Å². The maximum atomic E-state index is 9.30. The summed E-state index contributed by atoms with van der Waals surface area (Å²) in [5.74, 6) is -1.19. The van der Waals surface area contributed by atoms with Crippen molar-refractivity contribution in [1.29, 1.82) is 10.5 Å². The molecule has 0 radical (unpaired) electrons. The van der Waals surface area contributed by atoms with E-state index >= 15 is 0 Å². The molecule has 0 aromatic carbocycles. The molecule has 0 bridgehead atoms. The third-order valence-corrected chi connectivity index (χ3v) is 3.63. The molecule has 0 aromatic heterocycles. The van der Waals surface area contributed by atoms with Crippen molar-refractivity contribution in [2.45, 2.75) is 25.4 Å². The van der Waals surface area contributed by atoms with Crippen LogP contribution in [0.4, 0.5) is 0 Å². The molecule has 1 saturated carbocycles. The summed E-state index contributed by atoms with van der Waals surface area (Å²) in [6.45, 7) is 2.20. The van der Waals surface area contributed by atoms with E-state index in [-0.39, 0.29) is 11.9 Å². The zero-order valence-electron chi connectivity index (χ0n) is 8.73. The van der Waals surface area contributed by atoms with Gasteiger partial charge in [0.15, 0.2) is 5.41 Å². The Bertz CT molecular complexity index is 490. The molecule has 82 valence electrons. The maximum absolute atomic E-state index is 9.30.